The third-order valence-electron chi connectivity index (χ3n) is 4.88. The zero-order valence-electron chi connectivity index (χ0n) is 17.9. The molecule has 1 aliphatic heterocycles. The van der Waals surface area contributed by atoms with E-state index in [0.29, 0.717) is 39.5 Å². The molecule has 0 N–H and O–H groups in total. The number of carbonyl (C=O) groups excluding carboxylic acids is 2. The first kappa shape index (κ1) is 23.0. The summed E-state index contributed by atoms with van der Waals surface area (Å²) < 4.78 is 16.4. The van der Waals surface area contributed by atoms with E-state index in [0.717, 1.165) is 11.1 Å². The summed E-state index contributed by atoms with van der Waals surface area (Å²) in [5.41, 5.74) is 2.27. The lowest BCUT2D eigenvalue weighted by Crippen LogP contribution is -2.27. The minimum atomic E-state index is -0.406. The molecule has 0 radical (unpaired) electrons. The second-order valence-corrected chi connectivity index (χ2v) is 8.84. The first-order valence-electron chi connectivity index (χ1n) is 10.2. The molecule has 3 aromatic rings. The van der Waals surface area contributed by atoms with E-state index >= 15 is 0 Å². The Morgan fingerprint density at radius 1 is 1.06 bits per heavy atom. The predicted octanol–water partition coefficient (Wildman–Crippen LogP) is 5.15. The highest BCUT2D eigenvalue weighted by Crippen LogP contribution is 2.34. The van der Waals surface area contributed by atoms with E-state index in [1.165, 1.54) is 11.8 Å². The first-order chi connectivity index (χ1) is 16.0. The van der Waals surface area contributed by atoms with E-state index in [1.807, 2.05) is 36.4 Å². The molecule has 168 valence electrons. The number of hydrogen-bond donors (Lipinski definition) is 0. The molecular weight excluding hydrogens is 458 g/mol. The van der Waals surface area contributed by atoms with Gasteiger partial charge >= 0.3 is 5.97 Å². The number of furan rings is 1. The molecule has 33 heavy (non-hydrogen) atoms. The summed E-state index contributed by atoms with van der Waals surface area (Å²) in [6, 6.07) is 20.3. The fourth-order valence-corrected chi connectivity index (χ4v) is 4.42. The highest BCUT2D eigenvalue weighted by Gasteiger charge is 2.32. The van der Waals surface area contributed by atoms with Crippen LogP contribution in [0, 0.1) is 0 Å². The Morgan fingerprint density at radius 3 is 2.55 bits per heavy atom. The zero-order valence-corrected chi connectivity index (χ0v) is 19.5. The van der Waals surface area contributed by atoms with Crippen LogP contribution in [-0.4, -0.2) is 41.4 Å². The van der Waals surface area contributed by atoms with Gasteiger partial charge in [-0.25, -0.2) is 4.79 Å². The van der Waals surface area contributed by atoms with Crippen LogP contribution >= 0.6 is 24.0 Å². The highest BCUT2D eigenvalue weighted by molar-refractivity contribution is 8.26. The van der Waals surface area contributed by atoms with E-state index in [-0.39, 0.29) is 12.5 Å². The molecule has 1 aliphatic rings. The van der Waals surface area contributed by atoms with Crippen molar-refractivity contribution in [3.05, 3.63) is 88.5 Å². The van der Waals surface area contributed by atoms with Crippen LogP contribution in [0.25, 0.3) is 17.4 Å². The largest absolute Gasteiger partial charge is 0.460 e. The number of thioether (sulfide) groups is 1. The molecule has 0 bridgehead atoms. The van der Waals surface area contributed by atoms with Crippen LogP contribution in [0.1, 0.15) is 21.7 Å². The smallest absolute Gasteiger partial charge is 0.338 e. The van der Waals surface area contributed by atoms with Crippen molar-refractivity contribution in [3.63, 3.8) is 0 Å². The molecule has 1 saturated heterocycles. The van der Waals surface area contributed by atoms with Crippen molar-refractivity contribution in [2.24, 2.45) is 0 Å². The van der Waals surface area contributed by atoms with Gasteiger partial charge in [-0.15, -0.1) is 0 Å². The average Bonchev–Trinajstić information content (AvgIpc) is 3.40. The lowest BCUT2D eigenvalue weighted by molar-refractivity contribution is -0.122. The Morgan fingerprint density at radius 2 is 1.82 bits per heavy atom. The lowest BCUT2D eigenvalue weighted by Gasteiger charge is -2.14. The zero-order chi connectivity index (χ0) is 23.2. The summed E-state index contributed by atoms with van der Waals surface area (Å²) >= 11 is 6.67. The molecule has 0 spiro atoms. The molecule has 4 rings (SSSR count). The molecule has 1 aromatic heterocycles. The van der Waals surface area contributed by atoms with Crippen molar-refractivity contribution in [1.82, 2.24) is 4.90 Å². The van der Waals surface area contributed by atoms with Gasteiger partial charge in [-0.2, -0.15) is 0 Å². The lowest BCUT2D eigenvalue weighted by atomic mass is 10.1. The molecule has 6 nitrogen and oxygen atoms in total. The second-order valence-electron chi connectivity index (χ2n) is 7.16. The minimum Gasteiger partial charge on any atom is -0.460 e. The van der Waals surface area contributed by atoms with Gasteiger partial charge in [0.2, 0.25) is 0 Å². The maximum atomic E-state index is 12.9. The summed E-state index contributed by atoms with van der Waals surface area (Å²) in [5.74, 6) is 0.632. The summed E-state index contributed by atoms with van der Waals surface area (Å²) in [4.78, 5) is 27.0. The van der Waals surface area contributed by atoms with E-state index < -0.39 is 5.97 Å². The molecular formula is C25H21NO5S2. The van der Waals surface area contributed by atoms with Crippen molar-refractivity contribution in [1.29, 1.82) is 0 Å². The number of benzene rings is 2. The molecule has 1 fully saturated rings. The number of ether oxygens (including phenoxy) is 2. The summed E-state index contributed by atoms with van der Waals surface area (Å²) in [5, 5.41) is 0. The average molecular weight is 480 g/mol. The number of methoxy groups -OCH3 is 1. The van der Waals surface area contributed by atoms with E-state index in [4.69, 9.17) is 26.1 Å². The number of thiocarbonyl (C=S) groups is 1. The quantitative estimate of drug-likeness (QED) is 0.191. The van der Waals surface area contributed by atoms with Gasteiger partial charge in [0.05, 0.1) is 23.6 Å². The van der Waals surface area contributed by atoms with Gasteiger partial charge in [0, 0.05) is 18.7 Å². The van der Waals surface area contributed by atoms with Gasteiger partial charge in [-0.3, -0.25) is 9.69 Å². The van der Waals surface area contributed by atoms with Crippen molar-refractivity contribution < 1.29 is 23.5 Å². The minimum absolute atomic E-state index is 0.136. The van der Waals surface area contributed by atoms with Gasteiger partial charge in [0.15, 0.2) is 0 Å². The van der Waals surface area contributed by atoms with Crippen LogP contribution in [0.15, 0.2) is 76.1 Å². The van der Waals surface area contributed by atoms with Gasteiger partial charge in [-0.1, -0.05) is 66.4 Å². The third kappa shape index (κ3) is 5.60. The summed E-state index contributed by atoms with van der Waals surface area (Å²) in [6.45, 7) is 0.993. The van der Waals surface area contributed by atoms with Crippen LogP contribution < -0.4 is 0 Å². The number of hydrogen-bond acceptors (Lipinski definition) is 7. The van der Waals surface area contributed by atoms with E-state index in [2.05, 4.69) is 0 Å². The molecule has 2 heterocycles. The molecule has 0 unspecified atom stereocenters. The number of nitrogens with zero attached hydrogens (tertiary/aromatic N) is 1. The van der Waals surface area contributed by atoms with Crippen LogP contribution in [0.3, 0.4) is 0 Å². The molecule has 8 heteroatoms. The first-order valence-corrected chi connectivity index (χ1v) is 11.4. The van der Waals surface area contributed by atoms with E-state index in [1.54, 1.807) is 48.4 Å². The van der Waals surface area contributed by atoms with Crippen molar-refractivity contribution in [2.75, 3.05) is 20.3 Å². The Labute approximate surface area is 201 Å². The second kappa shape index (κ2) is 10.6. The Kier molecular flexibility index (Phi) is 7.39. The summed E-state index contributed by atoms with van der Waals surface area (Å²) in [7, 11) is 1.55. The van der Waals surface area contributed by atoms with Gasteiger partial charge in [0.1, 0.15) is 22.4 Å². The molecule has 0 saturated carbocycles. The van der Waals surface area contributed by atoms with Crippen LogP contribution in [0.5, 0.6) is 0 Å². The van der Waals surface area contributed by atoms with Crippen LogP contribution in [0.2, 0.25) is 0 Å². The Hall–Kier alpha value is -3.20. The molecule has 1 amide bonds. The monoisotopic (exact) mass is 479 g/mol. The normalized spacial score (nSPS) is 14.8. The van der Waals surface area contributed by atoms with Crippen molar-refractivity contribution >= 4 is 46.3 Å². The van der Waals surface area contributed by atoms with Gasteiger partial charge < -0.3 is 13.9 Å². The molecule has 2 aromatic carbocycles. The Bertz CT molecular complexity index is 1190. The number of rotatable bonds is 8. The fraction of sp³-hybridized carbons (Fsp3) is 0.160. The van der Waals surface area contributed by atoms with E-state index in [9.17, 15) is 9.59 Å². The predicted molar refractivity (Wildman–Crippen MR) is 131 cm³/mol. The van der Waals surface area contributed by atoms with Gasteiger partial charge in [-0.05, 0) is 29.8 Å². The van der Waals surface area contributed by atoms with Crippen molar-refractivity contribution in [3.8, 4) is 11.3 Å². The van der Waals surface area contributed by atoms with Crippen molar-refractivity contribution in [2.45, 2.75) is 6.54 Å². The number of esters is 1. The topological polar surface area (TPSA) is 69.0 Å². The number of amides is 1. The standard InChI is InChI=1S/C25H21NO5S2/c1-29-13-14-30-24(28)19-9-7-18(8-10-19)21-12-11-20(31-21)15-22-23(27)26(25(32)33-22)16-17-5-3-2-4-6-17/h2-12,15H,13-14,16H2,1H3/b22-15+. The van der Waals surface area contributed by atoms with Crippen LogP contribution in [0.4, 0.5) is 0 Å². The third-order valence-corrected chi connectivity index (χ3v) is 6.26. The SMILES string of the molecule is COCCOC(=O)c1ccc(-c2ccc(/C=C3/SC(=S)N(Cc4ccccc4)C3=O)o2)cc1. The maximum Gasteiger partial charge on any atom is 0.338 e. The van der Waals surface area contributed by atoms with Gasteiger partial charge in [0.25, 0.3) is 5.91 Å². The Balaban J connectivity index is 1.43. The fourth-order valence-electron chi connectivity index (χ4n) is 3.19. The molecule has 0 aliphatic carbocycles. The molecule has 0 atom stereocenters. The highest BCUT2D eigenvalue weighted by atomic mass is 32.2. The number of carbonyl (C=O) groups is 2. The summed E-state index contributed by atoms with van der Waals surface area (Å²) in [6.07, 6.45) is 1.70. The van der Waals surface area contributed by atoms with Crippen LogP contribution in [-0.2, 0) is 20.8 Å². The maximum absolute atomic E-state index is 12.9.